The monoisotopic (exact) mass is 460 g/mol. The van der Waals surface area contributed by atoms with Gasteiger partial charge in [0.2, 0.25) is 15.9 Å². The number of ether oxygens (including phenoxy) is 2. The Kier molecular flexibility index (Phi) is 7.18. The minimum atomic E-state index is -3.70. The summed E-state index contributed by atoms with van der Waals surface area (Å²) in [5.74, 6) is -0.565. The number of esters is 1. The molecule has 1 heterocycles. The fourth-order valence-corrected chi connectivity index (χ4v) is 3.40. The van der Waals surface area contributed by atoms with Crippen molar-refractivity contribution in [3.8, 4) is 5.75 Å². The summed E-state index contributed by atoms with van der Waals surface area (Å²) in [6, 6.07) is 12.3. The smallest absolute Gasteiger partial charge is 0.338 e. The van der Waals surface area contributed by atoms with E-state index in [4.69, 9.17) is 14.0 Å². The molecule has 0 saturated heterocycles. The molecular weight excluding hydrogens is 440 g/mol. The number of aromatic nitrogens is 2. The van der Waals surface area contributed by atoms with E-state index in [9.17, 15) is 18.0 Å². The lowest BCUT2D eigenvalue weighted by Crippen LogP contribution is -2.19. The van der Waals surface area contributed by atoms with Gasteiger partial charge in [-0.05, 0) is 37.4 Å². The Hall–Kier alpha value is -3.77. The third-order valence-electron chi connectivity index (χ3n) is 4.19. The van der Waals surface area contributed by atoms with Gasteiger partial charge in [-0.1, -0.05) is 23.4 Å². The predicted molar refractivity (Wildman–Crippen MR) is 111 cm³/mol. The lowest BCUT2D eigenvalue weighted by molar-refractivity contribution is -0.115. The number of hydrogen-bond donors (Lipinski definition) is 2. The highest BCUT2D eigenvalue weighted by Gasteiger charge is 2.17. The number of sulfonamides is 1. The number of nitrogens with zero attached hydrogens (tertiary/aromatic N) is 2. The lowest BCUT2D eigenvalue weighted by atomic mass is 10.2. The minimum Gasteiger partial charge on any atom is -0.495 e. The molecule has 3 aromatic rings. The van der Waals surface area contributed by atoms with Gasteiger partial charge < -0.3 is 19.3 Å². The molecule has 0 bridgehead atoms. The largest absolute Gasteiger partial charge is 0.495 e. The van der Waals surface area contributed by atoms with Crippen LogP contribution in [0.1, 0.15) is 22.1 Å². The molecule has 2 aromatic carbocycles. The summed E-state index contributed by atoms with van der Waals surface area (Å²) < 4.78 is 41.2. The van der Waals surface area contributed by atoms with Crippen LogP contribution in [0.5, 0.6) is 5.75 Å². The Morgan fingerprint density at radius 1 is 1.12 bits per heavy atom. The van der Waals surface area contributed by atoms with Crippen LogP contribution in [0.4, 0.5) is 5.69 Å². The first-order chi connectivity index (χ1) is 15.3. The molecular formula is C20H20N4O7S. The zero-order chi connectivity index (χ0) is 23.1. The van der Waals surface area contributed by atoms with Crippen molar-refractivity contribution >= 4 is 27.6 Å². The predicted octanol–water partition coefficient (Wildman–Crippen LogP) is 1.52. The van der Waals surface area contributed by atoms with Gasteiger partial charge in [-0.25, -0.2) is 17.9 Å². The van der Waals surface area contributed by atoms with Crippen molar-refractivity contribution in [3.05, 3.63) is 65.8 Å². The quantitative estimate of drug-likeness (QED) is 0.453. The number of rotatable bonds is 9. The van der Waals surface area contributed by atoms with Gasteiger partial charge >= 0.3 is 5.97 Å². The van der Waals surface area contributed by atoms with E-state index >= 15 is 0 Å². The molecule has 0 radical (unpaired) electrons. The molecule has 0 aliphatic carbocycles. The van der Waals surface area contributed by atoms with Gasteiger partial charge in [-0.3, -0.25) is 4.79 Å². The first-order valence-electron chi connectivity index (χ1n) is 9.27. The molecule has 0 unspecified atom stereocenters. The number of carbonyl (C=O) groups excluding carboxylic acids is 2. The maximum Gasteiger partial charge on any atom is 0.338 e. The summed E-state index contributed by atoms with van der Waals surface area (Å²) in [6.45, 7) is -0.344. The molecule has 0 spiro atoms. The van der Waals surface area contributed by atoms with Crippen LogP contribution in [-0.2, 0) is 32.6 Å². The first-order valence-corrected chi connectivity index (χ1v) is 10.8. The van der Waals surface area contributed by atoms with Gasteiger partial charge in [0.15, 0.2) is 12.4 Å². The normalized spacial score (nSPS) is 11.1. The van der Waals surface area contributed by atoms with Crippen LogP contribution >= 0.6 is 0 Å². The Morgan fingerprint density at radius 3 is 2.66 bits per heavy atom. The third kappa shape index (κ3) is 5.68. The molecule has 32 heavy (non-hydrogen) atoms. The van der Waals surface area contributed by atoms with Crippen LogP contribution in [0.15, 0.2) is 57.9 Å². The van der Waals surface area contributed by atoms with E-state index in [1.54, 1.807) is 24.3 Å². The summed E-state index contributed by atoms with van der Waals surface area (Å²) in [4.78, 5) is 28.4. The Bertz CT molecular complexity index is 1220. The second kappa shape index (κ2) is 10.0. The summed E-state index contributed by atoms with van der Waals surface area (Å²) >= 11 is 0. The molecule has 2 N–H and O–H groups in total. The van der Waals surface area contributed by atoms with Gasteiger partial charge in [0.25, 0.3) is 5.89 Å². The number of benzene rings is 2. The van der Waals surface area contributed by atoms with E-state index in [0.29, 0.717) is 11.4 Å². The zero-order valence-corrected chi connectivity index (χ0v) is 18.0. The first kappa shape index (κ1) is 22.9. The number of hydrogen-bond acceptors (Lipinski definition) is 9. The van der Waals surface area contributed by atoms with E-state index in [0.717, 1.165) is 0 Å². The standard InChI is InChI=1S/C20H20N4O7S/c1-21-32(27,28)14-7-5-6-13(10-14)20(26)30-12-19-23-17(24-31-19)11-18(25)22-15-8-3-4-9-16(15)29-2/h3-10,21H,11-12H2,1-2H3,(H,22,25). The summed E-state index contributed by atoms with van der Waals surface area (Å²) in [5, 5.41) is 6.38. The van der Waals surface area contributed by atoms with Crippen molar-refractivity contribution in [2.24, 2.45) is 0 Å². The van der Waals surface area contributed by atoms with Gasteiger partial charge in [-0.2, -0.15) is 4.98 Å². The van der Waals surface area contributed by atoms with E-state index in [1.807, 2.05) is 0 Å². The van der Waals surface area contributed by atoms with Gasteiger partial charge in [-0.15, -0.1) is 0 Å². The van der Waals surface area contributed by atoms with Crippen LogP contribution < -0.4 is 14.8 Å². The van der Waals surface area contributed by atoms with Crippen LogP contribution in [0.3, 0.4) is 0 Å². The Morgan fingerprint density at radius 2 is 1.91 bits per heavy atom. The average Bonchev–Trinajstić information content (AvgIpc) is 3.24. The molecule has 0 saturated carbocycles. The number of methoxy groups -OCH3 is 1. The molecule has 168 valence electrons. The molecule has 0 atom stereocenters. The van der Waals surface area contributed by atoms with E-state index < -0.39 is 16.0 Å². The molecule has 1 amide bonds. The van der Waals surface area contributed by atoms with E-state index in [2.05, 4.69) is 20.2 Å². The fraction of sp³-hybridized carbons (Fsp3) is 0.200. The number of carbonyl (C=O) groups is 2. The van der Waals surface area contributed by atoms with Crippen molar-refractivity contribution in [1.29, 1.82) is 0 Å². The van der Waals surface area contributed by atoms with Gasteiger partial charge in [0.1, 0.15) is 5.75 Å². The average molecular weight is 460 g/mol. The lowest BCUT2D eigenvalue weighted by Gasteiger charge is -2.08. The number of amides is 1. The maximum absolute atomic E-state index is 12.2. The van der Waals surface area contributed by atoms with Crippen molar-refractivity contribution in [2.75, 3.05) is 19.5 Å². The van der Waals surface area contributed by atoms with Crippen molar-refractivity contribution < 1.29 is 32.0 Å². The summed E-state index contributed by atoms with van der Waals surface area (Å²) in [7, 11) is -0.939. The van der Waals surface area contributed by atoms with Gasteiger partial charge in [0, 0.05) is 0 Å². The zero-order valence-electron chi connectivity index (χ0n) is 17.2. The van der Waals surface area contributed by atoms with Gasteiger partial charge in [0.05, 0.1) is 29.7 Å². The molecule has 0 aliphatic heterocycles. The highest BCUT2D eigenvalue weighted by molar-refractivity contribution is 7.89. The van der Waals surface area contributed by atoms with Crippen molar-refractivity contribution in [2.45, 2.75) is 17.9 Å². The van der Waals surface area contributed by atoms with Crippen LogP contribution in [0.25, 0.3) is 0 Å². The fourth-order valence-electron chi connectivity index (χ4n) is 2.63. The van der Waals surface area contributed by atoms with E-state index in [-0.39, 0.29) is 41.1 Å². The second-order valence-corrected chi connectivity index (χ2v) is 8.23. The number of para-hydroxylation sites is 2. The van der Waals surface area contributed by atoms with Crippen molar-refractivity contribution in [1.82, 2.24) is 14.9 Å². The highest BCUT2D eigenvalue weighted by Crippen LogP contribution is 2.23. The molecule has 1 aromatic heterocycles. The minimum absolute atomic E-state index is 0.0163. The number of anilines is 1. The highest BCUT2D eigenvalue weighted by atomic mass is 32.2. The topological polar surface area (TPSA) is 150 Å². The van der Waals surface area contributed by atoms with Crippen LogP contribution in [0, 0.1) is 0 Å². The summed E-state index contributed by atoms with van der Waals surface area (Å²) in [6.07, 6.45) is -0.167. The SMILES string of the molecule is CNS(=O)(=O)c1cccc(C(=O)OCc2nc(CC(=O)Nc3ccccc3OC)no2)c1. The molecule has 0 fully saturated rings. The second-order valence-electron chi connectivity index (χ2n) is 6.34. The Labute approximate surface area is 183 Å². The van der Waals surface area contributed by atoms with E-state index in [1.165, 1.54) is 38.4 Å². The third-order valence-corrected chi connectivity index (χ3v) is 5.60. The van der Waals surface area contributed by atoms with Crippen LogP contribution in [-0.4, -0.2) is 44.6 Å². The summed E-state index contributed by atoms with van der Waals surface area (Å²) in [5.41, 5.74) is 0.539. The molecule has 11 nitrogen and oxygen atoms in total. The Balaban J connectivity index is 1.57. The van der Waals surface area contributed by atoms with Crippen LogP contribution in [0.2, 0.25) is 0 Å². The molecule has 0 aliphatic rings. The molecule has 12 heteroatoms. The van der Waals surface area contributed by atoms with Crippen molar-refractivity contribution in [3.63, 3.8) is 0 Å². The molecule has 3 rings (SSSR count). The maximum atomic E-state index is 12.2. The number of nitrogens with one attached hydrogen (secondary N) is 2.